The largest absolute Gasteiger partial charge is 0.391 e. The molecule has 0 radical (unpaired) electrons. The van der Waals surface area contributed by atoms with Crippen molar-refractivity contribution >= 4 is 5.91 Å². The summed E-state index contributed by atoms with van der Waals surface area (Å²) in [6, 6.07) is 9.41. The Kier molecular flexibility index (Phi) is 3.90. The first-order chi connectivity index (χ1) is 10.6. The number of hydrogen-bond donors (Lipinski definition) is 1. The van der Waals surface area contributed by atoms with Crippen molar-refractivity contribution in [3.05, 3.63) is 65.2 Å². The van der Waals surface area contributed by atoms with Gasteiger partial charge < -0.3 is 10.0 Å². The molecule has 1 aromatic heterocycles. The van der Waals surface area contributed by atoms with Crippen LogP contribution in [-0.2, 0) is 0 Å². The number of aliphatic hydroxyl groups is 1. The normalized spacial score (nSPS) is 21.1. The second-order valence-corrected chi connectivity index (χ2v) is 5.58. The van der Waals surface area contributed by atoms with E-state index < -0.39 is 6.10 Å². The van der Waals surface area contributed by atoms with Crippen LogP contribution in [0.25, 0.3) is 0 Å². The summed E-state index contributed by atoms with van der Waals surface area (Å²) in [6.07, 6.45) is 1.45. The van der Waals surface area contributed by atoms with E-state index in [4.69, 9.17) is 0 Å². The number of aromatic nitrogens is 1. The molecule has 3 rings (SSSR count). The van der Waals surface area contributed by atoms with Crippen molar-refractivity contribution in [2.75, 3.05) is 6.54 Å². The summed E-state index contributed by atoms with van der Waals surface area (Å²) >= 11 is 0. The minimum atomic E-state index is -0.581. The number of β-amino-alcohol motifs (C(OH)–C–C–N with tert-alkyl or cyclic N) is 1. The van der Waals surface area contributed by atoms with Crippen LogP contribution in [0.1, 0.15) is 34.1 Å². The van der Waals surface area contributed by atoms with Gasteiger partial charge >= 0.3 is 0 Å². The zero-order chi connectivity index (χ0) is 15.7. The molecule has 0 aliphatic carbocycles. The fourth-order valence-electron chi connectivity index (χ4n) is 2.88. The maximum atomic E-state index is 13.1. The predicted octanol–water partition coefficient (Wildman–Crippen LogP) is 2.48. The molecular formula is C17H17FN2O2. The third-order valence-electron chi connectivity index (χ3n) is 4.01. The summed E-state index contributed by atoms with van der Waals surface area (Å²) in [7, 11) is 0. The summed E-state index contributed by atoms with van der Waals surface area (Å²) in [6.45, 7) is 2.09. The lowest BCUT2D eigenvalue weighted by Crippen LogP contribution is -2.32. The van der Waals surface area contributed by atoms with E-state index in [1.54, 1.807) is 29.3 Å². The number of pyridine rings is 1. The Labute approximate surface area is 128 Å². The molecule has 0 unspecified atom stereocenters. The van der Waals surface area contributed by atoms with E-state index in [0.29, 0.717) is 12.1 Å². The van der Waals surface area contributed by atoms with Crippen LogP contribution in [0, 0.1) is 12.7 Å². The molecule has 0 saturated carbocycles. The molecule has 1 saturated heterocycles. The van der Waals surface area contributed by atoms with E-state index in [2.05, 4.69) is 4.98 Å². The van der Waals surface area contributed by atoms with Gasteiger partial charge in [-0.1, -0.05) is 18.2 Å². The maximum Gasteiger partial charge on any atom is 0.273 e. The molecule has 2 atom stereocenters. The molecule has 0 spiro atoms. The maximum absolute atomic E-state index is 13.1. The van der Waals surface area contributed by atoms with Gasteiger partial charge in [0.25, 0.3) is 5.91 Å². The van der Waals surface area contributed by atoms with Crippen LogP contribution in [0.2, 0.25) is 0 Å². The minimum Gasteiger partial charge on any atom is -0.391 e. The third-order valence-corrected chi connectivity index (χ3v) is 4.01. The van der Waals surface area contributed by atoms with E-state index >= 15 is 0 Å². The number of carbonyl (C=O) groups is 1. The Hall–Kier alpha value is -2.27. The molecule has 1 aliphatic heterocycles. The molecule has 0 bridgehead atoms. The Morgan fingerprint density at radius 2 is 2.05 bits per heavy atom. The van der Waals surface area contributed by atoms with E-state index in [9.17, 15) is 14.3 Å². The van der Waals surface area contributed by atoms with Crippen LogP contribution in [0.4, 0.5) is 4.39 Å². The van der Waals surface area contributed by atoms with Crippen LogP contribution >= 0.6 is 0 Å². The first-order valence-corrected chi connectivity index (χ1v) is 7.22. The highest BCUT2D eigenvalue weighted by Gasteiger charge is 2.36. The first-order valence-electron chi connectivity index (χ1n) is 7.22. The number of aryl methyl sites for hydroxylation is 1. The van der Waals surface area contributed by atoms with Crippen molar-refractivity contribution in [3.63, 3.8) is 0 Å². The van der Waals surface area contributed by atoms with Crippen molar-refractivity contribution in [1.29, 1.82) is 0 Å². The SMILES string of the molecule is Cc1cccnc1C(=O)N1C[C@H](O)C[C@@H]1c1ccc(F)cc1. The molecule has 22 heavy (non-hydrogen) atoms. The van der Waals surface area contributed by atoms with E-state index in [1.165, 1.54) is 12.1 Å². The Bertz CT molecular complexity index is 687. The summed E-state index contributed by atoms with van der Waals surface area (Å²) < 4.78 is 13.1. The van der Waals surface area contributed by atoms with Gasteiger partial charge in [-0.25, -0.2) is 4.39 Å². The highest BCUT2D eigenvalue weighted by molar-refractivity contribution is 5.94. The molecule has 1 aliphatic rings. The predicted molar refractivity (Wildman–Crippen MR) is 79.8 cm³/mol. The smallest absolute Gasteiger partial charge is 0.273 e. The van der Waals surface area contributed by atoms with Crippen molar-refractivity contribution in [3.8, 4) is 0 Å². The van der Waals surface area contributed by atoms with Gasteiger partial charge in [0.2, 0.25) is 0 Å². The van der Waals surface area contributed by atoms with Crippen LogP contribution < -0.4 is 0 Å². The fraction of sp³-hybridized carbons (Fsp3) is 0.294. The Morgan fingerprint density at radius 3 is 2.73 bits per heavy atom. The molecule has 1 aromatic carbocycles. The number of aliphatic hydroxyl groups excluding tert-OH is 1. The van der Waals surface area contributed by atoms with Crippen LogP contribution in [0.3, 0.4) is 0 Å². The quantitative estimate of drug-likeness (QED) is 0.927. The minimum absolute atomic E-state index is 0.205. The Balaban J connectivity index is 1.92. The number of likely N-dealkylation sites (tertiary alicyclic amines) is 1. The Morgan fingerprint density at radius 1 is 1.32 bits per heavy atom. The first kappa shape index (κ1) is 14.7. The third kappa shape index (κ3) is 2.72. The molecule has 1 fully saturated rings. The molecule has 1 amide bonds. The topological polar surface area (TPSA) is 53.4 Å². The van der Waals surface area contributed by atoms with Gasteiger partial charge in [0, 0.05) is 12.7 Å². The number of amides is 1. The van der Waals surface area contributed by atoms with Crippen LogP contribution in [-0.4, -0.2) is 33.5 Å². The summed E-state index contributed by atoms with van der Waals surface area (Å²) in [4.78, 5) is 18.5. The molecule has 5 heteroatoms. The number of benzene rings is 1. The lowest BCUT2D eigenvalue weighted by Gasteiger charge is -2.25. The summed E-state index contributed by atoms with van der Waals surface area (Å²) in [5.74, 6) is -0.523. The average Bonchev–Trinajstić information content (AvgIpc) is 2.90. The number of carbonyl (C=O) groups excluding carboxylic acids is 1. The number of halogens is 1. The summed E-state index contributed by atoms with van der Waals surface area (Å²) in [5.41, 5.74) is 2.01. The van der Waals surface area contributed by atoms with Crippen molar-refractivity contribution in [1.82, 2.24) is 9.88 Å². The molecular weight excluding hydrogens is 283 g/mol. The number of rotatable bonds is 2. The number of hydrogen-bond acceptors (Lipinski definition) is 3. The van der Waals surface area contributed by atoms with Gasteiger partial charge in [-0.2, -0.15) is 0 Å². The van der Waals surface area contributed by atoms with Gasteiger partial charge in [0.15, 0.2) is 0 Å². The fourth-order valence-corrected chi connectivity index (χ4v) is 2.88. The lowest BCUT2D eigenvalue weighted by atomic mass is 10.0. The lowest BCUT2D eigenvalue weighted by molar-refractivity contribution is 0.0709. The molecule has 2 aromatic rings. The summed E-state index contributed by atoms with van der Waals surface area (Å²) in [5, 5.41) is 9.96. The van der Waals surface area contributed by atoms with Gasteiger partial charge in [-0.3, -0.25) is 9.78 Å². The van der Waals surface area contributed by atoms with Gasteiger partial charge in [0.1, 0.15) is 11.5 Å². The highest BCUT2D eigenvalue weighted by Crippen LogP contribution is 2.33. The van der Waals surface area contributed by atoms with Gasteiger partial charge in [0.05, 0.1) is 12.1 Å². The van der Waals surface area contributed by atoms with Crippen molar-refractivity contribution in [2.24, 2.45) is 0 Å². The zero-order valence-corrected chi connectivity index (χ0v) is 12.2. The standard InChI is InChI=1S/C17H17FN2O2/c1-11-3-2-8-19-16(11)17(22)20-10-14(21)9-15(20)12-4-6-13(18)7-5-12/h2-8,14-15,21H,9-10H2,1H3/t14-,15-/m1/s1. The van der Waals surface area contributed by atoms with Crippen molar-refractivity contribution < 1.29 is 14.3 Å². The molecule has 1 N–H and O–H groups in total. The zero-order valence-electron chi connectivity index (χ0n) is 12.2. The van der Waals surface area contributed by atoms with E-state index in [0.717, 1.165) is 11.1 Å². The molecule has 4 nitrogen and oxygen atoms in total. The number of nitrogens with zero attached hydrogens (tertiary/aromatic N) is 2. The van der Waals surface area contributed by atoms with Gasteiger partial charge in [-0.05, 0) is 42.7 Å². The van der Waals surface area contributed by atoms with Crippen molar-refractivity contribution in [2.45, 2.75) is 25.5 Å². The molecule has 2 heterocycles. The van der Waals surface area contributed by atoms with Gasteiger partial charge in [-0.15, -0.1) is 0 Å². The van der Waals surface area contributed by atoms with Crippen LogP contribution in [0.15, 0.2) is 42.6 Å². The van der Waals surface area contributed by atoms with E-state index in [1.807, 2.05) is 13.0 Å². The monoisotopic (exact) mass is 300 g/mol. The highest BCUT2D eigenvalue weighted by atomic mass is 19.1. The van der Waals surface area contributed by atoms with Crippen LogP contribution in [0.5, 0.6) is 0 Å². The average molecular weight is 300 g/mol. The second-order valence-electron chi connectivity index (χ2n) is 5.58. The second kappa shape index (κ2) is 5.85. The van der Waals surface area contributed by atoms with E-state index in [-0.39, 0.29) is 24.3 Å². The molecule has 114 valence electrons.